The third-order valence-electron chi connectivity index (χ3n) is 4.40. The Morgan fingerprint density at radius 1 is 0.786 bits per heavy atom. The van der Waals surface area contributed by atoms with E-state index in [0.29, 0.717) is 12.1 Å². The number of carboxylic acids is 3. The van der Waals surface area contributed by atoms with E-state index < -0.39 is 17.9 Å². The number of benzene rings is 2. The summed E-state index contributed by atoms with van der Waals surface area (Å²) >= 11 is 0. The van der Waals surface area contributed by atoms with Crippen LogP contribution >= 0.6 is 0 Å². The number of hydrogen-bond donors (Lipinski definition) is 3. The third-order valence-corrected chi connectivity index (χ3v) is 4.40. The van der Waals surface area contributed by atoms with Gasteiger partial charge in [0.2, 0.25) is 0 Å². The number of allylic oxidation sites excluding steroid dienone is 2. The second kappa shape index (κ2) is 7.79. The highest BCUT2D eigenvalue weighted by molar-refractivity contribution is 5.94. The average Bonchev–Trinajstić information content (AvgIpc) is 2.68. The Morgan fingerprint density at radius 3 is 1.89 bits per heavy atom. The Labute approximate surface area is 160 Å². The van der Waals surface area contributed by atoms with Gasteiger partial charge in [0.05, 0.1) is 22.7 Å². The SMILES string of the molecule is O=C(O)c1ccc(CN2C=CC=CC2c2cc(C(=O)O)cc(C(=O)O)c2)cc1. The Kier molecular flexibility index (Phi) is 5.26. The molecule has 1 atom stereocenters. The molecule has 0 aromatic heterocycles. The molecule has 2 aromatic carbocycles. The summed E-state index contributed by atoms with van der Waals surface area (Å²) in [5, 5.41) is 27.6. The van der Waals surface area contributed by atoms with Crippen LogP contribution in [0.3, 0.4) is 0 Å². The maximum Gasteiger partial charge on any atom is 0.335 e. The standard InChI is InChI=1S/C21H17NO6/c23-19(24)14-6-4-13(5-7-14)12-22-8-2-1-3-18(22)15-9-16(20(25)26)11-17(10-15)21(27)28/h1-11,18H,12H2,(H,23,24)(H,25,26)(H,27,28). The molecular formula is C21H17NO6. The lowest BCUT2D eigenvalue weighted by Crippen LogP contribution is -2.24. The number of nitrogens with zero attached hydrogens (tertiary/aromatic N) is 1. The predicted molar refractivity (Wildman–Crippen MR) is 100 cm³/mol. The molecule has 1 aliphatic rings. The first-order valence-electron chi connectivity index (χ1n) is 8.39. The van der Waals surface area contributed by atoms with E-state index >= 15 is 0 Å². The zero-order chi connectivity index (χ0) is 20.3. The molecule has 0 amide bonds. The Bertz CT molecular complexity index is 958. The van der Waals surface area contributed by atoms with E-state index in [1.165, 1.54) is 24.3 Å². The van der Waals surface area contributed by atoms with E-state index in [9.17, 15) is 24.6 Å². The predicted octanol–water partition coefficient (Wildman–Crippen LogP) is 3.41. The maximum atomic E-state index is 11.4. The van der Waals surface area contributed by atoms with E-state index in [0.717, 1.165) is 11.6 Å². The molecule has 1 heterocycles. The van der Waals surface area contributed by atoms with E-state index in [1.807, 2.05) is 29.3 Å². The number of aromatic carboxylic acids is 3. The lowest BCUT2D eigenvalue weighted by Gasteiger charge is -2.31. The third kappa shape index (κ3) is 4.09. The van der Waals surface area contributed by atoms with Crippen LogP contribution in [0, 0.1) is 0 Å². The number of rotatable bonds is 6. The number of hydrogen-bond acceptors (Lipinski definition) is 4. The van der Waals surface area contributed by atoms with Gasteiger partial charge in [-0.25, -0.2) is 14.4 Å². The quantitative estimate of drug-likeness (QED) is 0.704. The topological polar surface area (TPSA) is 115 Å². The summed E-state index contributed by atoms with van der Waals surface area (Å²) in [7, 11) is 0. The number of carbonyl (C=O) groups is 3. The van der Waals surface area contributed by atoms with Gasteiger partial charge < -0.3 is 20.2 Å². The molecule has 0 aliphatic carbocycles. The summed E-state index contributed by atoms with van der Waals surface area (Å²) in [6.45, 7) is 0.436. The second-order valence-corrected chi connectivity index (χ2v) is 6.30. The molecule has 0 spiro atoms. The molecule has 0 saturated heterocycles. The van der Waals surface area contributed by atoms with Gasteiger partial charge in [0, 0.05) is 12.7 Å². The fraction of sp³-hybridized carbons (Fsp3) is 0.0952. The van der Waals surface area contributed by atoms with Crippen LogP contribution in [0.4, 0.5) is 0 Å². The van der Waals surface area contributed by atoms with Crippen LogP contribution in [0.15, 0.2) is 66.9 Å². The first-order valence-corrected chi connectivity index (χ1v) is 8.39. The summed E-state index contributed by atoms with van der Waals surface area (Å²) in [6.07, 6.45) is 7.30. The highest BCUT2D eigenvalue weighted by Crippen LogP contribution is 2.29. The van der Waals surface area contributed by atoms with Crippen LogP contribution in [0.25, 0.3) is 0 Å². The molecule has 3 N–H and O–H groups in total. The van der Waals surface area contributed by atoms with Gasteiger partial charge in [-0.05, 0) is 47.5 Å². The summed E-state index contributed by atoms with van der Waals surface area (Å²) in [6, 6.07) is 10.2. The lowest BCUT2D eigenvalue weighted by atomic mass is 9.97. The lowest BCUT2D eigenvalue weighted by molar-refractivity contribution is 0.0681. The smallest absolute Gasteiger partial charge is 0.335 e. The highest BCUT2D eigenvalue weighted by atomic mass is 16.4. The van der Waals surface area contributed by atoms with Crippen molar-refractivity contribution in [3.63, 3.8) is 0 Å². The van der Waals surface area contributed by atoms with Gasteiger partial charge in [-0.15, -0.1) is 0 Å². The van der Waals surface area contributed by atoms with E-state index in [1.54, 1.807) is 12.1 Å². The summed E-state index contributed by atoms with van der Waals surface area (Å²) < 4.78 is 0. The van der Waals surface area contributed by atoms with Crippen LogP contribution in [0.2, 0.25) is 0 Å². The largest absolute Gasteiger partial charge is 0.478 e. The van der Waals surface area contributed by atoms with Crippen molar-refractivity contribution in [2.45, 2.75) is 12.6 Å². The van der Waals surface area contributed by atoms with Crippen molar-refractivity contribution in [1.29, 1.82) is 0 Å². The van der Waals surface area contributed by atoms with Crippen LogP contribution in [-0.2, 0) is 6.54 Å². The van der Waals surface area contributed by atoms with Crippen LogP contribution in [0.5, 0.6) is 0 Å². The molecule has 3 rings (SSSR count). The Balaban J connectivity index is 1.92. The van der Waals surface area contributed by atoms with E-state index in [2.05, 4.69) is 0 Å². The zero-order valence-electron chi connectivity index (χ0n) is 14.6. The van der Waals surface area contributed by atoms with Crippen molar-refractivity contribution in [3.05, 3.63) is 94.7 Å². The molecule has 0 fully saturated rings. The first-order chi connectivity index (χ1) is 13.3. The number of carboxylic acid groups (broad SMARTS) is 3. The van der Waals surface area contributed by atoms with Crippen LogP contribution in [0.1, 0.15) is 48.2 Å². The summed E-state index contributed by atoms with van der Waals surface area (Å²) in [5.74, 6) is -3.40. The van der Waals surface area contributed by atoms with Gasteiger partial charge >= 0.3 is 17.9 Å². The summed E-state index contributed by atoms with van der Waals surface area (Å²) in [5.41, 5.74) is 1.41. The zero-order valence-corrected chi connectivity index (χ0v) is 14.6. The maximum absolute atomic E-state index is 11.4. The normalized spacial score (nSPS) is 15.4. The van der Waals surface area contributed by atoms with Gasteiger partial charge in [0.15, 0.2) is 0 Å². The van der Waals surface area contributed by atoms with Crippen molar-refractivity contribution >= 4 is 17.9 Å². The second-order valence-electron chi connectivity index (χ2n) is 6.30. The van der Waals surface area contributed by atoms with Crippen molar-refractivity contribution in [2.24, 2.45) is 0 Å². The van der Waals surface area contributed by atoms with Crippen molar-refractivity contribution < 1.29 is 29.7 Å². The van der Waals surface area contributed by atoms with Gasteiger partial charge in [-0.1, -0.05) is 24.3 Å². The minimum absolute atomic E-state index is 0.0939. The van der Waals surface area contributed by atoms with Crippen molar-refractivity contribution in [3.8, 4) is 0 Å². The molecule has 28 heavy (non-hydrogen) atoms. The van der Waals surface area contributed by atoms with Crippen LogP contribution in [-0.4, -0.2) is 38.1 Å². The molecular weight excluding hydrogens is 362 g/mol. The summed E-state index contributed by atoms with van der Waals surface area (Å²) in [4.78, 5) is 35.7. The minimum Gasteiger partial charge on any atom is -0.478 e. The van der Waals surface area contributed by atoms with Crippen molar-refractivity contribution in [1.82, 2.24) is 4.90 Å². The highest BCUT2D eigenvalue weighted by Gasteiger charge is 2.21. The Hall–Kier alpha value is -3.87. The molecule has 0 bridgehead atoms. The Morgan fingerprint density at radius 2 is 1.36 bits per heavy atom. The molecule has 7 heteroatoms. The van der Waals surface area contributed by atoms with Gasteiger partial charge in [-0.2, -0.15) is 0 Å². The first kappa shape index (κ1) is 18.9. The van der Waals surface area contributed by atoms with E-state index in [4.69, 9.17) is 5.11 Å². The minimum atomic E-state index is -1.20. The van der Waals surface area contributed by atoms with E-state index in [-0.39, 0.29) is 22.7 Å². The molecule has 0 saturated carbocycles. The van der Waals surface area contributed by atoms with Gasteiger partial charge in [0.25, 0.3) is 0 Å². The molecule has 7 nitrogen and oxygen atoms in total. The molecule has 2 aromatic rings. The molecule has 1 aliphatic heterocycles. The fourth-order valence-corrected chi connectivity index (χ4v) is 3.02. The monoisotopic (exact) mass is 379 g/mol. The fourth-order valence-electron chi connectivity index (χ4n) is 3.02. The average molecular weight is 379 g/mol. The van der Waals surface area contributed by atoms with Crippen LogP contribution < -0.4 is 0 Å². The molecule has 1 unspecified atom stereocenters. The molecule has 142 valence electrons. The van der Waals surface area contributed by atoms with Crippen molar-refractivity contribution in [2.75, 3.05) is 0 Å². The van der Waals surface area contributed by atoms with Gasteiger partial charge in [-0.3, -0.25) is 0 Å². The van der Waals surface area contributed by atoms with Gasteiger partial charge in [0.1, 0.15) is 0 Å². The molecule has 0 radical (unpaired) electrons.